The molecule has 0 aliphatic heterocycles. The Bertz CT molecular complexity index is 1530. The van der Waals surface area contributed by atoms with E-state index in [1.54, 1.807) is 21.9 Å². The van der Waals surface area contributed by atoms with E-state index in [1.165, 1.54) is 50.1 Å². The third kappa shape index (κ3) is 8.74. The predicted octanol–water partition coefficient (Wildman–Crippen LogP) is 1.10. The summed E-state index contributed by atoms with van der Waals surface area (Å²) in [5.74, 6) is 0. The topological polar surface area (TPSA) is 0 Å². The van der Waals surface area contributed by atoms with Crippen LogP contribution in [0.1, 0.15) is 126 Å². The maximum Gasteiger partial charge on any atom is -1.00 e. The van der Waals surface area contributed by atoms with Crippen LogP contribution >= 0.6 is 0 Å². The Kier molecular flexibility index (Phi) is 15.0. The van der Waals surface area contributed by atoms with E-state index in [9.17, 15) is 0 Å². The minimum Gasteiger partial charge on any atom is -1.00 e. The van der Waals surface area contributed by atoms with Crippen LogP contribution in [0.3, 0.4) is 0 Å². The van der Waals surface area contributed by atoms with E-state index < -0.39 is 9.52 Å². The first-order valence-electron chi connectivity index (χ1n) is 16.4. The summed E-state index contributed by atoms with van der Waals surface area (Å²) in [6, 6.07) is 22.4. The van der Waals surface area contributed by atoms with Gasteiger partial charge in [-0.2, -0.15) is 0 Å². The molecule has 0 spiro atoms. The molecular formula is C41H55Cl3SiTi. The molecule has 0 heterocycles. The summed E-state index contributed by atoms with van der Waals surface area (Å²) in [5, 5.41) is 1.58. The summed E-state index contributed by atoms with van der Waals surface area (Å²) < 4.78 is -0.0823. The van der Waals surface area contributed by atoms with E-state index in [0.717, 1.165) is 12.8 Å². The van der Waals surface area contributed by atoms with Crippen molar-refractivity contribution in [3.63, 3.8) is 0 Å². The molecule has 0 nitrogen and oxygen atoms in total. The van der Waals surface area contributed by atoms with Gasteiger partial charge in [0, 0.05) is 0 Å². The Morgan fingerprint density at radius 3 is 1.50 bits per heavy atom. The fraction of sp³-hybridized carbons (Fsp3) is 0.463. The van der Waals surface area contributed by atoms with Crippen LogP contribution in [-0.2, 0) is 44.1 Å². The second-order valence-electron chi connectivity index (χ2n) is 15.4. The van der Waals surface area contributed by atoms with Gasteiger partial charge >= 0.3 is 279 Å². The van der Waals surface area contributed by atoms with Crippen molar-refractivity contribution in [2.45, 2.75) is 123 Å². The van der Waals surface area contributed by atoms with Gasteiger partial charge in [0.25, 0.3) is 0 Å². The van der Waals surface area contributed by atoms with Crippen LogP contribution in [0, 0.1) is 13.8 Å². The largest absolute Gasteiger partial charge is 1.00 e. The zero-order valence-electron chi connectivity index (χ0n) is 30.5. The summed E-state index contributed by atoms with van der Waals surface area (Å²) in [6.45, 7) is 30.5. The first-order chi connectivity index (χ1) is 19.9. The Balaban J connectivity index is 0.00000353. The van der Waals surface area contributed by atoms with Crippen LogP contribution in [-0.4, -0.2) is 9.52 Å². The molecule has 5 heteroatoms. The van der Waals surface area contributed by atoms with E-state index in [1.807, 2.05) is 0 Å². The SMILES string of the molecule is CCc1cc(CC)cc(C([SiH2]c2cc(C)cc(C)c2)[C]2([Ti+3])C(C)=C(C)C(C)=C2c2cc(C(C)(C)C)cc(C(C)(C)C)c2)c1.[Cl-].[Cl-].[Cl-]. The fourth-order valence-electron chi connectivity index (χ4n) is 7.11. The minimum absolute atomic E-state index is 0. The van der Waals surface area contributed by atoms with Crippen LogP contribution in [0.15, 0.2) is 71.3 Å². The molecule has 248 valence electrons. The van der Waals surface area contributed by atoms with Crippen molar-refractivity contribution in [1.29, 1.82) is 0 Å². The molecule has 0 amide bonds. The van der Waals surface area contributed by atoms with Crippen LogP contribution in [0.25, 0.3) is 5.57 Å². The Hall–Kier alpha value is -1.06. The Morgan fingerprint density at radius 1 is 0.630 bits per heavy atom. The number of aryl methyl sites for hydroxylation is 4. The molecule has 1 aliphatic rings. The average Bonchev–Trinajstić information content (AvgIpc) is 3.09. The molecule has 2 atom stereocenters. The molecule has 0 aromatic heterocycles. The molecule has 3 aromatic carbocycles. The van der Waals surface area contributed by atoms with Gasteiger partial charge in [-0.1, -0.05) is 0 Å². The van der Waals surface area contributed by atoms with Crippen LogP contribution in [0.2, 0.25) is 3.72 Å². The number of hydrogen-bond donors (Lipinski definition) is 0. The van der Waals surface area contributed by atoms with Gasteiger partial charge in [-0.3, -0.25) is 0 Å². The summed E-state index contributed by atoms with van der Waals surface area (Å²) >= 11 is 2.60. The quantitative estimate of drug-likeness (QED) is 0.320. The second kappa shape index (κ2) is 16.1. The third-order valence-corrected chi connectivity index (χ3v) is 14.5. The smallest absolute Gasteiger partial charge is 1.00 e. The summed E-state index contributed by atoms with van der Waals surface area (Å²) in [4.78, 5) is 0. The fourth-order valence-corrected chi connectivity index (χ4v) is 11.3. The maximum atomic E-state index is 2.60. The van der Waals surface area contributed by atoms with Gasteiger partial charge in [0.2, 0.25) is 0 Å². The predicted molar refractivity (Wildman–Crippen MR) is 190 cm³/mol. The molecule has 46 heavy (non-hydrogen) atoms. The van der Waals surface area contributed by atoms with Crippen LogP contribution < -0.4 is 42.4 Å². The van der Waals surface area contributed by atoms with Crippen molar-refractivity contribution in [3.05, 3.63) is 116 Å². The van der Waals surface area contributed by atoms with Crippen molar-refractivity contribution in [1.82, 2.24) is 0 Å². The van der Waals surface area contributed by atoms with Gasteiger partial charge in [-0.05, 0) is 0 Å². The molecule has 0 saturated carbocycles. The van der Waals surface area contributed by atoms with Crippen molar-refractivity contribution in [2.75, 3.05) is 0 Å². The number of halogens is 3. The maximum absolute atomic E-state index is 2.60. The monoisotopic (exact) mass is 728 g/mol. The summed E-state index contributed by atoms with van der Waals surface area (Å²) in [7, 11) is -0.728. The van der Waals surface area contributed by atoms with Crippen LogP contribution in [0.4, 0.5) is 0 Å². The molecule has 0 fully saturated rings. The van der Waals surface area contributed by atoms with Gasteiger partial charge in [-0.15, -0.1) is 0 Å². The molecule has 2 unspecified atom stereocenters. The molecule has 0 saturated heterocycles. The standard InChI is InChI=1S/C41H55Si.3ClH.Ti/c1-14-30-19-31(15-2)21-33(20-30)39(42-36-17-25(3)16-26(4)18-36)38-29(7)27(5)28(6)37(38)32-22-34(40(8,9)10)24-35(23-32)41(11,12)13;;;;/h16-24,39H,14-15,42H2,1-13H3;3*1H;/q;;;;+3/p-3. The van der Waals surface area contributed by atoms with Crippen molar-refractivity contribution >= 4 is 20.3 Å². The van der Waals surface area contributed by atoms with Crippen molar-refractivity contribution < 1.29 is 57.7 Å². The van der Waals surface area contributed by atoms with E-state index >= 15 is 0 Å². The number of rotatable bonds is 7. The zero-order chi connectivity index (χ0) is 32.1. The van der Waals surface area contributed by atoms with Crippen molar-refractivity contribution in [3.8, 4) is 0 Å². The van der Waals surface area contributed by atoms with Gasteiger partial charge < -0.3 is 37.2 Å². The summed E-state index contributed by atoms with van der Waals surface area (Å²) in [5.41, 5.74) is 18.2. The van der Waals surface area contributed by atoms with E-state index in [4.69, 9.17) is 0 Å². The molecular weight excluding hydrogens is 675 g/mol. The van der Waals surface area contributed by atoms with Gasteiger partial charge in [0.15, 0.2) is 0 Å². The van der Waals surface area contributed by atoms with Crippen LogP contribution in [0.5, 0.6) is 0 Å². The molecule has 0 radical (unpaired) electrons. The Morgan fingerprint density at radius 2 is 1.09 bits per heavy atom. The molecule has 3 aromatic rings. The molecule has 0 N–H and O–H groups in total. The van der Waals surface area contributed by atoms with E-state index in [0.29, 0.717) is 5.54 Å². The number of benzene rings is 3. The van der Waals surface area contributed by atoms with Crippen molar-refractivity contribution in [2.24, 2.45) is 0 Å². The zero-order valence-corrected chi connectivity index (χ0v) is 35.8. The first kappa shape index (κ1) is 43.0. The molecule has 0 bridgehead atoms. The first-order valence-corrected chi connectivity index (χ1v) is 18.7. The normalized spacial score (nSPS) is 17.6. The molecule has 4 rings (SSSR count). The van der Waals surface area contributed by atoms with Gasteiger partial charge in [0.05, 0.1) is 0 Å². The Labute approximate surface area is 314 Å². The third-order valence-electron chi connectivity index (χ3n) is 9.98. The number of allylic oxidation sites excluding steroid dienone is 4. The average molecular weight is 730 g/mol. The second-order valence-corrected chi connectivity index (χ2v) is 18.7. The number of hydrogen-bond acceptors (Lipinski definition) is 0. The minimum atomic E-state index is -0.728. The van der Waals surface area contributed by atoms with E-state index in [2.05, 4.69) is 165 Å². The van der Waals surface area contributed by atoms with Gasteiger partial charge in [0.1, 0.15) is 0 Å². The van der Waals surface area contributed by atoms with Gasteiger partial charge in [-0.25, -0.2) is 0 Å². The van der Waals surface area contributed by atoms with E-state index in [-0.39, 0.29) is 51.8 Å². The summed E-state index contributed by atoms with van der Waals surface area (Å²) in [6.07, 6.45) is 2.15. The molecule has 1 aliphatic carbocycles.